The molecule has 0 aliphatic carbocycles. The van der Waals surface area contributed by atoms with Crippen molar-refractivity contribution in [3.8, 4) is 0 Å². The zero-order valence-electron chi connectivity index (χ0n) is 11.1. The molecule has 1 aromatic heterocycles. The summed E-state index contributed by atoms with van der Waals surface area (Å²) in [6.07, 6.45) is 1.58. The first-order chi connectivity index (χ1) is 9.66. The standard InChI is InChI=1S/C15H16N2O2S/c1-11(12-6-3-2-4-7-12)17-14(18)15(20)16-10-13-8-5-9-19-13/h2-9,11H,10H2,1H3,(H,16,20)(H,17,18)/t11-/m0/s1. The van der Waals surface area contributed by atoms with E-state index in [1.165, 1.54) is 0 Å². The molecule has 5 heteroatoms. The minimum atomic E-state index is -0.289. The second kappa shape index (κ2) is 6.86. The Balaban J connectivity index is 1.83. The van der Waals surface area contributed by atoms with Crippen LogP contribution >= 0.6 is 12.2 Å². The highest BCUT2D eigenvalue weighted by atomic mass is 32.1. The third kappa shape index (κ3) is 3.93. The Labute approximate surface area is 123 Å². The average molecular weight is 288 g/mol. The molecular formula is C15H16N2O2S. The second-order valence-electron chi connectivity index (χ2n) is 4.37. The number of benzene rings is 1. The fourth-order valence-electron chi connectivity index (χ4n) is 1.75. The van der Waals surface area contributed by atoms with Crippen LogP contribution in [0, 0.1) is 0 Å². The maximum atomic E-state index is 11.9. The monoisotopic (exact) mass is 288 g/mol. The van der Waals surface area contributed by atoms with Crippen molar-refractivity contribution in [1.29, 1.82) is 0 Å². The smallest absolute Gasteiger partial charge is 0.279 e. The number of carbonyl (C=O) groups is 1. The van der Waals surface area contributed by atoms with Crippen LogP contribution in [-0.4, -0.2) is 10.9 Å². The highest BCUT2D eigenvalue weighted by Gasteiger charge is 2.13. The van der Waals surface area contributed by atoms with Gasteiger partial charge in [0.25, 0.3) is 5.91 Å². The topological polar surface area (TPSA) is 54.3 Å². The molecule has 1 amide bonds. The number of furan rings is 1. The summed E-state index contributed by atoms with van der Waals surface area (Å²) in [7, 11) is 0. The molecule has 1 heterocycles. The van der Waals surface area contributed by atoms with Gasteiger partial charge in [0.05, 0.1) is 18.8 Å². The SMILES string of the molecule is C[C@H](NC(=O)C(=S)NCc1ccco1)c1ccccc1. The highest BCUT2D eigenvalue weighted by molar-refractivity contribution is 7.82. The predicted octanol–water partition coefficient (Wildman–Crippen LogP) is 2.57. The van der Waals surface area contributed by atoms with Crippen molar-refractivity contribution in [3.63, 3.8) is 0 Å². The molecule has 1 atom stereocenters. The summed E-state index contributed by atoms with van der Waals surface area (Å²) >= 11 is 5.05. The molecule has 0 bridgehead atoms. The summed E-state index contributed by atoms with van der Waals surface area (Å²) in [5, 5.41) is 5.72. The van der Waals surface area contributed by atoms with Gasteiger partial charge in [0.15, 0.2) is 4.99 Å². The molecule has 2 N–H and O–H groups in total. The molecule has 2 rings (SSSR count). The lowest BCUT2D eigenvalue weighted by atomic mass is 10.1. The predicted molar refractivity (Wildman–Crippen MR) is 81.1 cm³/mol. The fraction of sp³-hybridized carbons (Fsp3) is 0.200. The van der Waals surface area contributed by atoms with Crippen molar-refractivity contribution in [2.75, 3.05) is 0 Å². The van der Waals surface area contributed by atoms with E-state index >= 15 is 0 Å². The van der Waals surface area contributed by atoms with E-state index in [0.717, 1.165) is 11.3 Å². The average Bonchev–Trinajstić information content (AvgIpc) is 2.98. The molecule has 0 aliphatic heterocycles. The van der Waals surface area contributed by atoms with Gasteiger partial charge in [-0.3, -0.25) is 4.79 Å². The van der Waals surface area contributed by atoms with Gasteiger partial charge in [-0.1, -0.05) is 42.5 Å². The van der Waals surface area contributed by atoms with Crippen LogP contribution in [0.25, 0.3) is 0 Å². The van der Waals surface area contributed by atoms with E-state index in [1.54, 1.807) is 12.3 Å². The number of hydrogen-bond acceptors (Lipinski definition) is 3. The molecule has 0 saturated carbocycles. The summed E-state index contributed by atoms with van der Waals surface area (Å²) in [5.41, 5.74) is 1.04. The number of amides is 1. The van der Waals surface area contributed by atoms with Crippen LogP contribution in [0.3, 0.4) is 0 Å². The van der Waals surface area contributed by atoms with Crippen LogP contribution < -0.4 is 10.6 Å². The van der Waals surface area contributed by atoms with Gasteiger partial charge < -0.3 is 15.1 Å². The van der Waals surface area contributed by atoms with Crippen molar-refractivity contribution < 1.29 is 9.21 Å². The maximum absolute atomic E-state index is 11.9. The molecule has 0 unspecified atom stereocenters. The lowest BCUT2D eigenvalue weighted by Crippen LogP contribution is -2.39. The number of carbonyl (C=O) groups excluding carboxylic acids is 1. The van der Waals surface area contributed by atoms with Gasteiger partial charge in [0.2, 0.25) is 0 Å². The van der Waals surface area contributed by atoms with Crippen LogP contribution in [0.5, 0.6) is 0 Å². The van der Waals surface area contributed by atoms with E-state index in [0.29, 0.717) is 6.54 Å². The number of thiocarbonyl (C=S) groups is 1. The minimum Gasteiger partial charge on any atom is -0.467 e. The van der Waals surface area contributed by atoms with Crippen LogP contribution in [0.1, 0.15) is 24.3 Å². The minimum absolute atomic E-state index is 0.0907. The maximum Gasteiger partial charge on any atom is 0.279 e. The fourth-order valence-corrected chi connectivity index (χ4v) is 1.88. The van der Waals surface area contributed by atoms with Gasteiger partial charge in [-0.2, -0.15) is 0 Å². The largest absolute Gasteiger partial charge is 0.467 e. The summed E-state index contributed by atoms with van der Waals surface area (Å²) in [6, 6.07) is 13.3. The quantitative estimate of drug-likeness (QED) is 0.849. The highest BCUT2D eigenvalue weighted by Crippen LogP contribution is 2.10. The number of hydrogen-bond donors (Lipinski definition) is 2. The first-order valence-corrected chi connectivity index (χ1v) is 6.73. The Hall–Kier alpha value is -2.14. The first kappa shape index (κ1) is 14.3. The van der Waals surface area contributed by atoms with E-state index in [9.17, 15) is 4.79 Å². The molecule has 2 aromatic rings. The van der Waals surface area contributed by atoms with E-state index in [-0.39, 0.29) is 16.9 Å². The van der Waals surface area contributed by atoms with Gasteiger partial charge in [0, 0.05) is 0 Å². The Morgan fingerprint density at radius 3 is 2.65 bits per heavy atom. The third-order valence-corrected chi connectivity index (χ3v) is 3.19. The summed E-state index contributed by atoms with van der Waals surface area (Å²) in [5.74, 6) is 0.444. The van der Waals surface area contributed by atoms with Crippen LogP contribution in [0.15, 0.2) is 53.1 Å². The molecule has 1 aromatic carbocycles. The summed E-state index contributed by atoms with van der Waals surface area (Å²) < 4.78 is 5.16. The van der Waals surface area contributed by atoms with Crippen molar-refractivity contribution in [2.24, 2.45) is 0 Å². The molecule has 0 aliphatic rings. The lowest BCUT2D eigenvalue weighted by molar-refractivity contribution is -0.115. The van der Waals surface area contributed by atoms with E-state index < -0.39 is 0 Å². The van der Waals surface area contributed by atoms with Crippen molar-refractivity contribution in [2.45, 2.75) is 19.5 Å². The van der Waals surface area contributed by atoms with Gasteiger partial charge in [-0.05, 0) is 24.6 Å². The van der Waals surface area contributed by atoms with Crippen LogP contribution in [-0.2, 0) is 11.3 Å². The Kier molecular flexibility index (Phi) is 4.90. The first-order valence-electron chi connectivity index (χ1n) is 6.33. The van der Waals surface area contributed by atoms with Crippen molar-refractivity contribution >= 4 is 23.1 Å². The van der Waals surface area contributed by atoms with Gasteiger partial charge in [-0.25, -0.2) is 0 Å². The summed E-state index contributed by atoms with van der Waals surface area (Å²) in [6.45, 7) is 2.32. The third-order valence-electron chi connectivity index (χ3n) is 2.86. The van der Waals surface area contributed by atoms with Gasteiger partial charge in [0.1, 0.15) is 5.76 Å². The number of nitrogens with one attached hydrogen (secondary N) is 2. The molecular weight excluding hydrogens is 272 g/mol. The lowest BCUT2D eigenvalue weighted by Gasteiger charge is -2.15. The van der Waals surface area contributed by atoms with Crippen molar-refractivity contribution in [1.82, 2.24) is 10.6 Å². The normalized spacial score (nSPS) is 11.7. The van der Waals surface area contributed by atoms with E-state index in [4.69, 9.17) is 16.6 Å². The molecule has 4 nitrogen and oxygen atoms in total. The van der Waals surface area contributed by atoms with E-state index in [1.807, 2.05) is 43.3 Å². The van der Waals surface area contributed by atoms with E-state index in [2.05, 4.69) is 10.6 Å². The van der Waals surface area contributed by atoms with Crippen LogP contribution in [0.4, 0.5) is 0 Å². The van der Waals surface area contributed by atoms with Crippen molar-refractivity contribution in [3.05, 3.63) is 60.1 Å². The zero-order chi connectivity index (χ0) is 14.4. The molecule has 0 fully saturated rings. The Morgan fingerprint density at radius 1 is 1.25 bits per heavy atom. The second-order valence-corrected chi connectivity index (χ2v) is 4.78. The molecule has 0 radical (unpaired) electrons. The zero-order valence-corrected chi connectivity index (χ0v) is 11.9. The van der Waals surface area contributed by atoms with Gasteiger partial charge in [-0.15, -0.1) is 0 Å². The molecule has 0 saturated heterocycles. The molecule has 0 spiro atoms. The Morgan fingerprint density at radius 2 is 2.00 bits per heavy atom. The molecule has 104 valence electrons. The summed E-state index contributed by atoms with van der Waals surface area (Å²) in [4.78, 5) is 12.1. The van der Waals surface area contributed by atoms with Crippen LogP contribution in [0.2, 0.25) is 0 Å². The Bertz CT molecular complexity index is 567. The van der Waals surface area contributed by atoms with Gasteiger partial charge >= 0.3 is 0 Å². The molecule has 20 heavy (non-hydrogen) atoms. The number of rotatable bonds is 4.